The van der Waals surface area contributed by atoms with Gasteiger partial charge in [0, 0.05) is 24.5 Å². The van der Waals surface area contributed by atoms with Crippen molar-refractivity contribution in [2.75, 3.05) is 6.54 Å². The van der Waals surface area contributed by atoms with E-state index in [1.807, 2.05) is 6.20 Å². The zero-order valence-corrected chi connectivity index (χ0v) is 9.74. The highest BCUT2D eigenvalue weighted by Crippen LogP contribution is 2.18. The maximum absolute atomic E-state index is 4.31. The molecular formula is C12H21N3. The number of aryl methyl sites for hydroxylation is 1. The highest BCUT2D eigenvalue weighted by molar-refractivity contribution is 5.02. The standard InChI is InChI=1S/C12H21N3/c1-3-15-12(6-7-14-15)8-11-5-4-10(2)13-9-11/h6-7,10-11,13H,3-5,8-9H2,1-2H3. The van der Waals surface area contributed by atoms with Gasteiger partial charge in [-0.15, -0.1) is 0 Å². The van der Waals surface area contributed by atoms with E-state index in [0.717, 1.165) is 19.0 Å². The average molecular weight is 207 g/mol. The maximum Gasteiger partial charge on any atom is 0.0492 e. The Labute approximate surface area is 91.9 Å². The first-order chi connectivity index (χ1) is 7.29. The molecular weight excluding hydrogens is 186 g/mol. The van der Waals surface area contributed by atoms with Crippen molar-refractivity contribution >= 4 is 0 Å². The fourth-order valence-electron chi connectivity index (χ4n) is 2.35. The second-order valence-corrected chi connectivity index (χ2v) is 4.60. The Morgan fingerprint density at radius 2 is 2.40 bits per heavy atom. The summed E-state index contributed by atoms with van der Waals surface area (Å²) in [7, 11) is 0. The molecule has 3 heteroatoms. The van der Waals surface area contributed by atoms with E-state index in [0.29, 0.717) is 6.04 Å². The molecule has 0 aromatic carbocycles. The summed E-state index contributed by atoms with van der Waals surface area (Å²) in [5, 5.41) is 7.86. The van der Waals surface area contributed by atoms with Gasteiger partial charge in [-0.3, -0.25) is 4.68 Å². The zero-order chi connectivity index (χ0) is 10.7. The first-order valence-electron chi connectivity index (χ1n) is 6.03. The minimum atomic E-state index is 0.706. The molecule has 0 saturated carbocycles. The van der Waals surface area contributed by atoms with Gasteiger partial charge in [-0.2, -0.15) is 5.10 Å². The van der Waals surface area contributed by atoms with Crippen LogP contribution in [-0.4, -0.2) is 22.4 Å². The molecule has 1 aliphatic heterocycles. The molecule has 1 aliphatic rings. The van der Waals surface area contributed by atoms with Crippen molar-refractivity contribution in [1.29, 1.82) is 0 Å². The van der Waals surface area contributed by atoms with Gasteiger partial charge in [0.05, 0.1) is 0 Å². The Kier molecular flexibility index (Phi) is 3.41. The van der Waals surface area contributed by atoms with Gasteiger partial charge in [0.1, 0.15) is 0 Å². The van der Waals surface area contributed by atoms with Crippen molar-refractivity contribution in [3.05, 3.63) is 18.0 Å². The van der Waals surface area contributed by atoms with Crippen molar-refractivity contribution in [3.8, 4) is 0 Å². The van der Waals surface area contributed by atoms with Gasteiger partial charge in [0.2, 0.25) is 0 Å². The molecule has 2 atom stereocenters. The van der Waals surface area contributed by atoms with Crippen LogP contribution >= 0.6 is 0 Å². The predicted molar refractivity (Wildman–Crippen MR) is 61.8 cm³/mol. The number of piperidine rings is 1. The van der Waals surface area contributed by atoms with Gasteiger partial charge in [0.15, 0.2) is 0 Å². The SMILES string of the molecule is CCn1nccc1CC1CCC(C)NC1. The number of rotatable bonds is 3. The third-order valence-corrected chi connectivity index (χ3v) is 3.36. The van der Waals surface area contributed by atoms with Crippen LogP contribution in [0.25, 0.3) is 0 Å². The molecule has 1 fully saturated rings. The number of hydrogen-bond donors (Lipinski definition) is 1. The molecule has 0 bridgehead atoms. The molecule has 15 heavy (non-hydrogen) atoms. The van der Waals surface area contributed by atoms with Crippen molar-refractivity contribution in [2.45, 2.75) is 45.7 Å². The van der Waals surface area contributed by atoms with E-state index in [1.54, 1.807) is 0 Å². The lowest BCUT2D eigenvalue weighted by Crippen LogP contribution is -2.37. The second-order valence-electron chi connectivity index (χ2n) is 4.60. The lowest BCUT2D eigenvalue weighted by Gasteiger charge is -2.27. The molecule has 0 spiro atoms. The highest BCUT2D eigenvalue weighted by Gasteiger charge is 2.18. The summed E-state index contributed by atoms with van der Waals surface area (Å²) < 4.78 is 2.11. The Balaban J connectivity index is 1.91. The largest absolute Gasteiger partial charge is 0.314 e. The zero-order valence-electron chi connectivity index (χ0n) is 9.74. The molecule has 2 heterocycles. The fourth-order valence-corrected chi connectivity index (χ4v) is 2.35. The molecule has 0 radical (unpaired) electrons. The molecule has 2 rings (SSSR count). The van der Waals surface area contributed by atoms with Crippen LogP contribution in [0.4, 0.5) is 0 Å². The molecule has 0 amide bonds. The average Bonchev–Trinajstić information content (AvgIpc) is 2.69. The molecule has 1 N–H and O–H groups in total. The third kappa shape index (κ3) is 2.59. The number of hydrogen-bond acceptors (Lipinski definition) is 2. The van der Waals surface area contributed by atoms with Crippen molar-refractivity contribution in [1.82, 2.24) is 15.1 Å². The van der Waals surface area contributed by atoms with Crippen LogP contribution in [0.5, 0.6) is 0 Å². The summed E-state index contributed by atoms with van der Waals surface area (Å²) in [5.41, 5.74) is 1.39. The summed E-state index contributed by atoms with van der Waals surface area (Å²) in [6.07, 6.45) is 5.75. The van der Waals surface area contributed by atoms with E-state index in [4.69, 9.17) is 0 Å². The van der Waals surface area contributed by atoms with Gasteiger partial charge in [0.25, 0.3) is 0 Å². The highest BCUT2D eigenvalue weighted by atomic mass is 15.3. The van der Waals surface area contributed by atoms with E-state index in [1.165, 1.54) is 25.0 Å². The van der Waals surface area contributed by atoms with Gasteiger partial charge in [-0.05, 0) is 51.6 Å². The summed E-state index contributed by atoms with van der Waals surface area (Å²) in [6.45, 7) is 6.57. The molecule has 1 aromatic heterocycles. The molecule has 1 saturated heterocycles. The lowest BCUT2D eigenvalue weighted by atomic mass is 9.91. The van der Waals surface area contributed by atoms with Crippen LogP contribution in [-0.2, 0) is 13.0 Å². The van der Waals surface area contributed by atoms with E-state index in [-0.39, 0.29) is 0 Å². The first kappa shape index (κ1) is 10.7. The summed E-state index contributed by atoms with van der Waals surface area (Å²) in [5.74, 6) is 0.795. The minimum absolute atomic E-state index is 0.706. The van der Waals surface area contributed by atoms with Crippen LogP contribution < -0.4 is 5.32 Å². The summed E-state index contributed by atoms with van der Waals surface area (Å²) >= 11 is 0. The van der Waals surface area contributed by atoms with Crippen molar-refractivity contribution in [3.63, 3.8) is 0 Å². The number of aromatic nitrogens is 2. The summed E-state index contributed by atoms with van der Waals surface area (Å²) in [6, 6.07) is 2.86. The Hall–Kier alpha value is -0.830. The van der Waals surface area contributed by atoms with Crippen molar-refractivity contribution < 1.29 is 0 Å². The Bertz CT molecular complexity index is 298. The Morgan fingerprint density at radius 3 is 3.07 bits per heavy atom. The van der Waals surface area contributed by atoms with Gasteiger partial charge >= 0.3 is 0 Å². The predicted octanol–water partition coefficient (Wildman–Crippen LogP) is 1.83. The molecule has 1 aromatic rings. The smallest absolute Gasteiger partial charge is 0.0492 e. The monoisotopic (exact) mass is 207 g/mol. The van der Waals surface area contributed by atoms with Gasteiger partial charge in [-0.1, -0.05) is 0 Å². The van der Waals surface area contributed by atoms with Crippen LogP contribution in [0.2, 0.25) is 0 Å². The van der Waals surface area contributed by atoms with Gasteiger partial charge in [-0.25, -0.2) is 0 Å². The van der Waals surface area contributed by atoms with E-state index >= 15 is 0 Å². The van der Waals surface area contributed by atoms with Crippen LogP contribution in [0.3, 0.4) is 0 Å². The third-order valence-electron chi connectivity index (χ3n) is 3.36. The van der Waals surface area contributed by atoms with Crippen LogP contribution in [0.15, 0.2) is 12.3 Å². The topological polar surface area (TPSA) is 29.9 Å². The van der Waals surface area contributed by atoms with E-state index in [2.05, 4.69) is 35.0 Å². The lowest BCUT2D eigenvalue weighted by molar-refractivity contribution is 0.317. The normalized spacial score (nSPS) is 26.8. The van der Waals surface area contributed by atoms with E-state index in [9.17, 15) is 0 Å². The Morgan fingerprint density at radius 1 is 1.53 bits per heavy atom. The molecule has 3 nitrogen and oxygen atoms in total. The van der Waals surface area contributed by atoms with Crippen LogP contribution in [0.1, 0.15) is 32.4 Å². The maximum atomic E-state index is 4.31. The quantitative estimate of drug-likeness (QED) is 0.819. The summed E-state index contributed by atoms with van der Waals surface area (Å²) in [4.78, 5) is 0. The first-order valence-corrected chi connectivity index (χ1v) is 6.03. The fraction of sp³-hybridized carbons (Fsp3) is 0.750. The number of nitrogens with one attached hydrogen (secondary N) is 1. The molecule has 84 valence electrons. The molecule has 0 aliphatic carbocycles. The van der Waals surface area contributed by atoms with E-state index < -0.39 is 0 Å². The van der Waals surface area contributed by atoms with Crippen molar-refractivity contribution in [2.24, 2.45) is 5.92 Å². The van der Waals surface area contributed by atoms with Gasteiger partial charge < -0.3 is 5.32 Å². The second kappa shape index (κ2) is 4.79. The van der Waals surface area contributed by atoms with Crippen LogP contribution in [0, 0.1) is 5.92 Å². The number of nitrogens with zero attached hydrogens (tertiary/aromatic N) is 2. The molecule has 2 unspecified atom stereocenters. The minimum Gasteiger partial charge on any atom is -0.314 e.